The highest BCUT2D eigenvalue weighted by molar-refractivity contribution is 5.93. The Morgan fingerprint density at radius 3 is 2.65 bits per heavy atom. The molecule has 7 nitrogen and oxygen atoms in total. The zero-order valence-electron chi connectivity index (χ0n) is 16.8. The molecule has 166 valence electrons. The minimum atomic E-state index is -4.57. The zero-order chi connectivity index (χ0) is 22.4. The first-order chi connectivity index (χ1) is 14.5. The van der Waals surface area contributed by atoms with Crippen LogP contribution in [0.2, 0.25) is 0 Å². The molecule has 1 aliphatic heterocycles. The van der Waals surface area contributed by atoms with Crippen molar-refractivity contribution in [3.63, 3.8) is 0 Å². The number of aromatic nitrogens is 2. The van der Waals surface area contributed by atoms with Crippen molar-refractivity contribution in [3.8, 4) is 0 Å². The predicted octanol–water partition coefficient (Wildman–Crippen LogP) is 2.09. The van der Waals surface area contributed by atoms with Crippen molar-refractivity contribution in [2.75, 3.05) is 18.0 Å². The quantitative estimate of drug-likeness (QED) is 0.662. The Kier molecular flexibility index (Phi) is 5.38. The maximum absolute atomic E-state index is 13.4. The van der Waals surface area contributed by atoms with Gasteiger partial charge in [0.1, 0.15) is 0 Å². The number of hydrogen-bond donors (Lipinski definition) is 3. The molecule has 0 radical (unpaired) electrons. The van der Waals surface area contributed by atoms with Gasteiger partial charge in [-0.15, -0.1) is 0 Å². The number of benzene rings is 1. The van der Waals surface area contributed by atoms with Gasteiger partial charge in [-0.2, -0.15) is 13.2 Å². The number of halogens is 3. The van der Waals surface area contributed by atoms with Gasteiger partial charge >= 0.3 is 6.18 Å². The third-order valence-corrected chi connectivity index (χ3v) is 5.81. The van der Waals surface area contributed by atoms with E-state index in [0.717, 1.165) is 25.0 Å². The Morgan fingerprint density at radius 1 is 1.29 bits per heavy atom. The summed E-state index contributed by atoms with van der Waals surface area (Å²) in [5, 5.41) is 10.4. The molecule has 2 fully saturated rings. The molecule has 1 aromatic carbocycles. The van der Waals surface area contributed by atoms with Crippen molar-refractivity contribution in [3.05, 3.63) is 52.3 Å². The van der Waals surface area contributed by atoms with Crippen LogP contribution in [0.1, 0.15) is 58.4 Å². The minimum Gasteiger partial charge on any atom is -0.385 e. The molecule has 1 atom stereocenters. The van der Waals surface area contributed by atoms with Gasteiger partial charge in [-0.05, 0) is 48.9 Å². The molecule has 5 N–H and O–H groups in total. The van der Waals surface area contributed by atoms with E-state index in [1.165, 1.54) is 12.3 Å². The van der Waals surface area contributed by atoms with Crippen LogP contribution in [0, 0.1) is 0 Å². The van der Waals surface area contributed by atoms with Crippen LogP contribution in [0.25, 0.3) is 0 Å². The van der Waals surface area contributed by atoms with Crippen molar-refractivity contribution in [1.82, 2.24) is 9.97 Å². The summed E-state index contributed by atoms with van der Waals surface area (Å²) in [7, 11) is 0. The topological polar surface area (TPSA) is 118 Å². The third kappa shape index (κ3) is 4.64. The molecule has 2 heterocycles. The van der Waals surface area contributed by atoms with Gasteiger partial charge in [0, 0.05) is 31.7 Å². The fourth-order valence-corrected chi connectivity index (χ4v) is 3.92. The first-order valence-corrected chi connectivity index (χ1v) is 10.2. The predicted molar refractivity (Wildman–Crippen MR) is 107 cm³/mol. The lowest BCUT2D eigenvalue weighted by Crippen LogP contribution is -2.43. The molecular weight excluding hydrogens is 411 g/mol. The van der Waals surface area contributed by atoms with Crippen molar-refractivity contribution >= 4 is 11.9 Å². The Balaban J connectivity index is 1.72. The fraction of sp³-hybridized carbons (Fsp3) is 0.476. The number of piperidine rings is 1. The number of nitrogens with zero attached hydrogens (tertiary/aromatic N) is 3. The Hall–Kier alpha value is -2.72. The molecule has 0 spiro atoms. The summed E-state index contributed by atoms with van der Waals surface area (Å²) in [6, 6.07) is 3.50. The van der Waals surface area contributed by atoms with Gasteiger partial charge in [-0.3, -0.25) is 4.79 Å². The number of alkyl halides is 3. The summed E-state index contributed by atoms with van der Waals surface area (Å²) in [5.74, 6) is -0.395. The number of aliphatic hydroxyl groups is 1. The molecule has 1 aromatic heterocycles. The van der Waals surface area contributed by atoms with Gasteiger partial charge in [0.15, 0.2) is 0 Å². The Labute approximate surface area is 177 Å². The highest BCUT2D eigenvalue weighted by Gasteiger charge is 2.44. The van der Waals surface area contributed by atoms with Crippen LogP contribution >= 0.6 is 0 Å². The van der Waals surface area contributed by atoms with E-state index in [-0.39, 0.29) is 34.8 Å². The summed E-state index contributed by atoms with van der Waals surface area (Å²) in [6.07, 6.45) is -0.737. The lowest BCUT2D eigenvalue weighted by Gasteiger charge is -2.31. The highest BCUT2D eigenvalue weighted by atomic mass is 19.4. The van der Waals surface area contributed by atoms with Crippen LogP contribution in [-0.4, -0.2) is 40.1 Å². The second-order valence-corrected chi connectivity index (χ2v) is 8.37. The van der Waals surface area contributed by atoms with E-state index in [0.29, 0.717) is 31.9 Å². The van der Waals surface area contributed by atoms with E-state index in [2.05, 4.69) is 9.97 Å². The number of rotatable bonds is 5. The number of nitrogens with two attached hydrogens (primary N) is 2. The minimum absolute atomic E-state index is 0.0260. The molecule has 1 saturated carbocycles. The number of hydrogen-bond acceptors (Lipinski definition) is 6. The summed E-state index contributed by atoms with van der Waals surface area (Å²) < 4.78 is 40.3. The highest BCUT2D eigenvalue weighted by Crippen LogP contribution is 2.47. The number of amides is 1. The van der Waals surface area contributed by atoms with Crippen molar-refractivity contribution in [1.29, 1.82) is 0 Å². The molecule has 31 heavy (non-hydrogen) atoms. The second-order valence-electron chi connectivity index (χ2n) is 8.37. The molecule has 1 saturated heterocycles. The molecular formula is C21H24F3N5O2. The molecule has 2 aromatic rings. The molecule has 0 bridgehead atoms. The fourth-order valence-electron chi connectivity index (χ4n) is 3.92. The van der Waals surface area contributed by atoms with E-state index in [1.807, 2.05) is 4.90 Å². The maximum atomic E-state index is 13.4. The zero-order valence-corrected chi connectivity index (χ0v) is 16.8. The maximum Gasteiger partial charge on any atom is 0.416 e. The van der Waals surface area contributed by atoms with E-state index >= 15 is 0 Å². The standard InChI is InChI=1S/C21H24F3N5O2/c22-21(23,24)14-7-12(6-13(9-14)20(31)3-4-20)8-17-16(18(26)30)10-27-19(28-17)29-5-1-2-15(25)11-29/h6-7,9-10,15,31H,1-5,8,11,25H2,(H2,26,30)/t15-/m0/s1. The lowest BCUT2D eigenvalue weighted by molar-refractivity contribution is -0.137. The van der Waals surface area contributed by atoms with E-state index in [4.69, 9.17) is 11.5 Å². The molecule has 1 aliphatic carbocycles. The molecule has 0 unspecified atom stereocenters. The van der Waals surface area contributed by atoms with Crippen LogP contribution in [0.3, 0.4) is 0 Å². The molecule has 4 rings (SSSR count). The average molecular weight is 435 g/mol. The SMILES string of the molecule is NC(=O)c1cnc(N2CCC[C@H](N)C2)nc1Cc1cc(C(F)(F)F)cc(C2(O)CC2)c1. The summed E-state index contributed by atoms with van der Waals surface area (Å²) in [4.78, 5) is 22.5. The first-order valence-electron chi connectivity index (χ1n) is 10.2. The lowest BCUT2D eigenvalue weighted by atomic mass is 9.96. The molecule has 1 amide bonds. The van der Waals surface area contributed by atoms with Crippen LogP contribution in [-0.2, 0) is 18.2 Å². The Bertz CT molecular complexity index is 983. The number of primary amides is 1. The van der Waals surface area contributed by atoms with Crippen LogP contribution in [0.15, 0.2) is 24.4 Å². The van der Waals surface area contributed by atoms with Gasteiger partial charge < -0.3 is 21.5 Å². The van der Waals surface area contributed by atoms with E-state index in [1.54, 1.807) is 0 Å². The van der Waals surface area contributed by atoms with Crippen molar-refractivity contribution in [2.45, 2.75) is 49.9 Å². The van der Waals surface area contributed by atoms with Crippen LogP contribution < -0.4 is 16.4 Å². The van der Waals surface area contributed by atoms with Crippen LogP contribution in [0.5, 0.6) is 0 Å². The Morgan fingerprint density at radius 2 is 2.03 bits per heavy atom. The first kappa shape index (κ1) is 21.5. The smallest absolute Gasteiger partial charge is 0.385 e. The van der Waals surface area contributed by atoms with Gasteiger partial charge in [-0.25, -0.2) is 9.97 Å². The number of anilines is 1. The van der Waals surface area contributed by atoms with Gasteiger partial charge in [0.25, 0.3) is 5.91 Å². The van der Waals surface area contributed by atoms with Gasteiger partial charge in [0.05, 0.1) is 22.4 Å². The van der Waals surface area contributed by atoms with Crippen molar-refractivity contribution < 1.29 is 23.1 Å². The van der Waals surface area contributed by atoms with E-state index in [9.17, 15) is 23.1 Å². The summed E-state index contributed by atoms with van der Waals surface area (Å²) in [5.41, 5.74) is 10.2. The van der Waals surface area contributed by atoms with Gasteiger partial charge in [0.2, 0.25) is 5.95 Å². The molecule has 2 aliphatic rings. The third-order valence-electron chi connectivity index (χ3n) is 5.81. The number of carbonyl (C=O) groups excluding carboxylic acids is 1. The van der Waals surface area contributed by atoms with Crippen LogP contribution in [0.4, 0.5) is 19.1 Å². The number of carbonyl (C=O) groups is 1. The largest absolute Gasteiger partial charge is 0.416 e. The summed E-state index contributed by atoms with van der Waals surface area (Å²) >= 11 is 0. The normalized spacial score (nSPS) is 20.5. The molecule has 10 heteroatoms. The monoisotopic (exact) mass is 435 g/mol. The van der Waals surface area contributed by atoms with E-state index < -0.39 is 23.2 Å². The van der Waals surface area contributed by atoms with Gasteiger partial charge in [-0.1, -0.05) is 6.07 Å². The van der Waals surface area contributed by atoms with Crippen molar-refractivity contribution in [2.24, 2.45) is 11.5 Å². The average Bonchev–Trinajstić information content (AvgIpc) is 3.45. The summed E-state index contributed by atoms with van der Waals surface area (Å²) in [6.45, 7) is 1.25. The second kappa shape index (κ2) is 7.76.